The second-order valence-corrected chi connectivity index (χ2v) is 6.52. The summed E-state index contributed by atoms with van der Waals surface area (Å²) in [4.78, 5) is 19.3. The number of hydrogen-bond acceptors (Lipinski definition) is 4. The van der Waals surface area contributed by atoms with Gasteiger partial charge in [-0.3, -0.25) is 9.69 Å². The molecule has 25 heavy (non-hydrogen) atoms. The molecule has 1 amide bonds. The van der Waals surface area contributed by atoms with Crippen LogP contribution < -0.4 is 5.32 Å². The van der Waals surface area contributed by atoms with E-state index in [9.17, 15) is 4.79 Å². The predicted octanol–water partition coefficient (Wildman–Crippen LogP) is 2.57. The molecular weight excluding hydrogens is 314 g/mol. The number of likely N-dealkylation sites (N-methyl/N-ethyl adjacent to an activating group) is 1. The summed E-state index contributed by atoms with van der Waals surface area (Å²) in [6, 6.07) is 8.10. The summed E-state index contributed by atoms with van der Waals surface area (Å²) < 4.78 is 1.88. The molecule has 1 saturated heterocycles. The molecule has 0 aliphatic carbocycles. The summed E-state index contributed by atoms with van der Waals surface area (Å²) in [7, 11) is 0. The lowest BCUT2D eigenvalue weighted by atomic mass is 10.1. The van der Waals surface area contributed by atoms with E-state index < -0.39 is 0 Å². The fourth-order valence-electron chi connectivity index (χ4n) is 3.52. The van der Waals surface area contributed by atoms with Crippen LogP contribution in [0.2, 0.25) is 0 Å². The molecule has 1 fully saturated rings. The van der Waals surface area contributed by atoms with Crippen LogP contribution in [0.25, 0.3) is 11.4 Å². The minimum atomic E-state index is -0.0219. The Bertz CT molecular complexity index is 711. The highest BCUT2D eigenvalue weighted by molar-refractivity contribution is 5.95. The number of benzene rings is 1. The Morgan fingerprint density at radius 1 is 1.36 bits per heavy atom. The zero-order chi connectivity index (χ0) is 17.6. The molecule has 2 heterocycles. The van der Waals surface area contributed by atoms with Crippen LogP contribution in [0, 0.1) is 0 Å². The molecule has 1 atom stereocenters. The van der Waals surface area contributed by atoms with Crippen molar-refractivity contribution in [1.29, 1.82) is 0 Å². The van der Waals surface area contributed by atoms with Crippen molar-refractivity contribution in [2.24, 2.45) is 0 Å². The quantitative estimate of drug-likeness (QED) is 0.841. The van der Waals surface area contributed by atoms with Gasteiger partial charge in [-0.1, -0.05) is 26.0 Å². The van der Waals surface area contributed by atoms with Crippen LogP contribution in [0.5, 0.6) is 0 Å². The van der Waals surface area contributed by atoms with Gasteiger partial charge in [0.15, 0.2) is 5.82 Å². The second-order valence-electron chi connectivity index (χ2n) is 6.52. The van der Waals surface area contributed by atoms with Gasteiger partial charge in [-0.2, -0.15) is 5.10 Å². The number of aromatic nitrogens is 3. The third-order valence-electron chi connectivity index (χ3n) is 4.84. The van der Waals surface area contributed by atoms with Crippen LogP contribution >= 0.6 is 0 Å². The summed E-state index contributed by atoms with van der Waals surface area (Å²) in [5.41, 5.74) is 1.60. The van der Waals surface area contributed by atoms with Crippen molar-refractivity contribution in [3.63, 3.8) is 0 Å². The minimum absolute atomic E-state index is 0.0219. The first-order valence-corrected chi connectivity index (χ1v) is 9.23. The van der Waals surface area contributed by atoms with Gasteiger partial charge in [0.25, 0.3) is 5.91 Å². The molecule has 1 aliphatic heterocycles. The first-order chi connectivity index (χ1) is 12.2. The molecule has 1 aromatic heterocycles. The van der Waals surface area contributed by atoms with Crippen molar-refractivity contribution in [3.8, 4) is 11.4 Å². The fraction of sp³-hybridized carbons (Fsp3) is 0.526. The minimum Gasteiger partial charge on any atom is -0.350 e. The first kappa shape index (κ1) is 17.6. The van der Waals surface area contributed by atoms with Crippen molar-refractivity contribution in [2.45, 2.75) is 45.7 Å². The molecule has 0 radical (unpaired) electrons. The molecule has 0 saturated carbocycles. The number of carbonyl (C=O) groups is 1. The topological polar surface area (TPSA) is 63.1 Å². The Morgan fingerprint density at radius 3 is 3.04 bits per heavy atom. The smallest absolute Gasteiger partial charge is 0.251 e. The summed E-state index contributed by atoms with van der Waals surface area (Å²) >= 11 is 0. The van der Waals surface area contributed by atoms with Crippen molar-refractivity contribution in [2.75, 3.05) is 19.6 Å². The van der Waals surface area contributed by atoms with Gasteiger partial charge < -0.3 is 5.32 Å². The summed E-state index contributed by atoms with van der Waals surface area (Å²) in [6.45, 7) is 8.00. The Kier molecular flexibility index (Phi) is 5.81. The molecule has 3 rings (SSSR count). The summed E-state index contributed by atoms with van der Waals surface area (Å²) in [5, 5.41) is 7.36. The zero-order valence-corrected chi connectivity index (χ0v) is 15.1. The summed E-state index contributed by atoms with van der Waals surface area (Å²) in [6.07, 6.45) is 4.94. The maximum Gasteiger partial charge on any atom is 0.251 e. The lowest BCUT2D eigenvalue weighted by Crippen LogP contribution is -2.40. The van der Waals surface area contributed by atoms with E-state index in [0.717, 1.165) is 43.9 Å². The number of nitrogens with zero attached hydrogens (tertiary/aromatic N) is 4. The molecular formula is C19H27N5O. The van der Waals surface area contributed by atoms with Gasteiger partial charge >= 0.3 is 0 Å². The zero-order valence-electron chi connectivity index (χ0n) is 15.1. The predicted molar refractivity (Wildman–Crippen MR) is 98.4 cm³/mol. The fourth-order valence-corrected chi connectivity index (χ4v) is 3.52. The Balaban J connectivity index is 1.68. The average Bonchev–Trinajstić information content (AvgIpc) is 3.29. The Labute approximate surface area is 149 Å². The van der Waals surface area contributed by atoms with E-state index >= 15 is 0 Å². The highest BCUT2D eigenvalue weighted by Gasteiger charge is 2.23. The Hall–Kier alpha value is -2.21. The number of aryl methyl sites for hydroxylation is 1. The molecule has 1 aromatic carbocycles. The van der Waals surface area contributed by atoms with E-state index in [1.165, 1.54) is 6.42 Å². The number of nitrogens with one attached hydrogen (secondary N) is 1. The molecule has 0 bridgehead atoms. The molecule has 134 valence electrons. The third kappa shape index (κ3) is 4.07. The van der Waals surface area contributed by atoms with E-state index in [-0.39, 0.29) is 5.91 Å². The van der Waals surface area contributed by atoms with E-state index in [1.54, 1.807) is 6.33 Å². The summed E-state index contributed by atoms with van der Waals surface area (Å²) in [5.74, 6) is 0.788. The number of carbonyl (C=O) groups excluding carboxylic acids is 1. The van der Waals surface area contributed by atoms with E-state index in [0.29, 0.717) is 18.2 Å². The van der Waals surface area contributed by atoms with E-state index in [1.807, 2.05) is 28.9 Å². The van der Waals surface area contributed by atoms with Crippen molar-refractivity contribution in [3.05, 3.63) is 36.2 Å². The normalized spacial score (nSPS) is 17.8. The van der Waals surface area contributed by atoms with Crippen molar-refractivity contribution < 1.29 is 4.79 Å². The standard InChI is InChI=1S/C19H27N5O/c1-3-10-24-18(21-14-22-24)15-7-5-8-16(12-15)19(25)20-13-17-9-6-11-23(17)4-2/h5,7-8,12,14,17H,3-4,6,9-11,13H2,1-2H3,(H,20,25)/t17-/m0/s1. The third-order valence-corrected chi connectivity index (χ3v) is 4.84. The second kappa shape index (κ2) is 8.25. The van der Waals surface area contributed by atoms with Crippen LogP contribution in [0.15, 0.2) is 30.6 Å². The molecule has 0 spiro atoms. The molecule has 1 N–H and O–H groups in total. The van der Waals surface area contributed by atoms with Gasteiger partial charge in [0, 0.05) is 30.3 Å². The van der Waals surface area contributed by atoms with Crippen molar-refractivity contribution >= 4 is 5.91 Å². The van der Waals surface area contributed by atoms with Crippen LogP contribution in [-0.2, 0) is 6.54 Å². The molecule has 2 aromatic rings. The van der Waals surface area contributed by atoms with Crippen LogP contribution in [-0.4, -0.2) is 51.2 Å². The maximum atomic E-state index is 12.6. The lowest BCUT2D eigenvalue weighted by molar-refractivity contribution is 0.0941. The van der Waals surface area contributed by atoms with Gasteiger partial charge in [-0.25, -0.2) is 9.67 Å². The van der Waals surface area contributed by atoms with Crippen molar-refractivity contribution in [1.82, 2.24) is 25.0 Å². The molecule has 1 aliphatic rings. The Morgan fingerprint density at radius 2 is 2.24 bits per heavy atom. The van der Waals surface area contributed by atoms with E-state index in [2.05, 4.69) is 34.1 Å². The molecule has 6 heteroatoms. The van der Waals surface area contributed by atoms with Crippen LogP contribution in [0.4, 0.5) is 0 Å². The van der Waals surface area contributed by atoms with Gasteiger partial charge in [-0.05, 0) is 44.5 Å². The number of amides is 1. The SMILES string of the molecule is CCCn1ncnc1-c1cccc(C(=O)NC[C@@H]2CCCN2CC)c1. The monoisotopic (exact) mass is 341 g/mol. The van der Waals surface area contributed by atoms with Gasteiger partial charge in [0.2, 0.25) is 0 Å². The van der Waals surface area contributed by atoms with Gasteiger partial charge in [-0.15, -0.1) is 0 Å². The molecule has 6 nitrogen and oxygen atoms in total. The maximum absolute atomic E-state index is 12.6. The van der Waals surface area contributed by atoms with Gasteiger partial charge in [0.1, 0.15) is 6.33 Å². The number of rotatable bonds is 7. The number of likely N-dealkylation sites (tertiary alicyclic amines) is 1. The van der Waals surface area contributed by atoms with Crippen LogP contribution in [0.1, 0.15) is 43.5 Å². The first-order valence-electron chi connectivity index (χ1n) is 9.23. The number of hydrogen-bond donors (Lipinski definition) is 1. The van der Waals surface area contributed by atoms with Gasteiger partial charge in [0.05, 0.1) is 0 Å². The highest BCUT2D eigenvalue weighted by atomic mass is 16.1. The lowest BCUT2D eigenvalue weighted by Gasteiger charge is -2.22. The molecule has 0 unspecified atom stereocenters. The van der Waals surface area contributed by atoms with Crippen LogP contribution in [0.3, 0.4) is 0 Å². The van der Waals surface area contributed by atoms with E-state index in [4.69, 9.17) is 0 Å². The highest BCUT2D eigenvalue weighted by Crippen LogP contribution is 2.19. The average molecular weight is 341 g/mol. The largest absolute Gasteiger partial charge is 0.350 e.